The summed E-state index contributed by atoms with van der Waals surface area (Å²) in [5.74, 6) is 8.87. The van der Waals surface area contributed by atoms with Gasteiger partial charge in [0, 0.05) is 64.5 Å². The van der Waals surface area contributed by atoms with E-state index in [9.17, 15) is 19.2 Å². The largest absolute Gasteiger partial charge is 0.487 e. The Bertz CT molecular complexity index is 2400. The zero-order valence-corrected chi connectivity index (χ0v) is 63.5. The number of carbonyl (C=O) groups is 4. The lowest BCUT2D eigenvalue weighted by atomic mass is 9.83. The Morgan fingerprint density at radius 1 is 0.457 bits per heavy atom. The smallest absolute Gasteiger partial charge is 0.311 e. The van der Waals surface area contributed by atoms with E-state index in [-0.39, 0.29) is 63.5 Å². The van der Waals surface area contributed by atoms with Gasteiger partial charge < -0.3 is 39.4 Å². The van der Waals surface area contributed by atoms with Gasteiger partial charge in [0.1, 0.15) is 34.2 Å². The third kappa shape index (κ3) is 29.9. The van der Waals surface area contributed by atoms with Crippen molar-refractivity contribution in [3.05, 3.63) is 44.5 Å². The van der Waals surface area contributed by atoms with Crippen molar-refractivity contribution >= 4 is 45.3 Å². The van der Waals surface area contributed by atoms with E-state index in [4.69, 9.17) is 18.9 Å². The minimum atomic E-state index is -0.386. The number of esters is 2. The van der Waals surface area contributed by atoms with Gasteiger partial charge in [0.2, 0.25) is 11.8 Å². The molecule has 0 aliphatic carbocycles. The van der Waals surface area contributed by atoms with Gasteiger partial charge >= 0.3 is 11.9 Å². The second-order valence-electron chi connectivity index (χ2n) is 30.4. The summed E-state index contributed by atoms with van der Waals surface area (Å²) in [7, 11) is 7.98. The fourth-order valence-electron chi connectivity index (χ4n) is 13.6. The summed E-state index contributed by atoms with van der Waals surface area (Å²) in [6.07, 6.45) is 28.6. The standard InChI is InChI=1S/C78H134N4O8S2.2H2/c1-55(2)27-19-29-57(5)31-21-33-59(7)35-23-43-77(15)45-41-67-65(13)73(61(9)63(11)75(67)89-77)87-71(85)39-37-69(83)79-47-25-49-81(17)51-53-91-92-54-52-82(18)50-26-48-80-70(84)38-40-72(86)88-74-62(10)64(12)76-68(66(74)14)42-46-78(16,90-76)44-24-36-60(8)34-22-32-58(6)30-20-28-56(3)4;;/h55-60H,19-54H2,1-18H3,(H,79,83)(H,80,84);2*1H. The summed E-state index contributed by atoms with van der Waals surface area (Å²) in [4.78, 5) is 56.4. The number of ether oxygens (including phenoxy) is 4. The van der Waals surface area contributed by atoms with Crippen molar-refractivity contribution < 1.29 is 41.0 Å². The van der Waals surface area contributed by atoms with Crippen molar-refractivity contribution in [2.24, 2.45) is 35.5 Å². The van der Waals surface area contributed by atoms with Gasteiger partial charge in [0.25, 0.3) is 0 Å². The number of nitrogens with zero attached hydrogens (tertiary/aromatic N) is 2. The number of carbonyl (C=O) groups excluding carboxylic acids is 4. The van der Waals surface area contributed by atoms with Crippen LogP contribution in [0.3, 0.4) is 0 Å². The van der Waals surface area contributed by atoms with Crippen molar-refractivity contribution in [2.75, 3.05) is 64.9 Å². The molecule has 0 bridgehead atoms. The van der Waals surface area contributed by atoms with E-state index in [0.29, 0.717) is 24.6 Å². The summed E-state index contributed by atoms with van der Waals surface area (Å²) < 4.78 is 25.7. The Labute approximate surface area is 573 Å². The van der Waals surface area contributed by atoms with E-state index in [2.05, 4.69) is 118 Å². The molecule has 0 fully saturated rings. The zero-order chi connectivity index (χ0) is 68.0. The molecule has 0 aromatic heterocycles. The summed E-state index contributed by atoms with van der Waals surface area (Å²) in [5, 5.41) is 5.99. The molecule has 12 nitrogen and oxygen atoms in total. The molecule has 2 N–H and O–H groups in total. The van der Waals surface area contributed by atoms with Crippen LogP contribution in [0, 0.1) is 77.0 Å². The molecule has 0 spiro atoms. The first-order chi connectivity index (χ1) is 43.6. The second kappa shape index (κ2) is 42.3. The molecule has 530 valence electrons. The average Bonchev–Trinajstić information content (AvgIpc) is 0.769. The van der Waals surface area contributed by atoms with E-state index in [1.165, 1.54) is 103 Å². The van der Waals surface area contributed by atoms with E-state index >= 15 is 0 Å². The quantitative estimate of drug-likeness (QED) is 0.0283. The molecular formula is C78H138N4O8S2. The minimum Gasteiger partial charge on any atom is -0.487 e. The molecular weight excluding hydrogens is 1190 g/mol. The van der Waals surface area contributed by atoms with Crippen LogP contribution < -0.4 is 29.6 Å². The topological polar surface area (TPSA) is 136 Å². The van der Waals surface area contributed by atoms with Crippen LogP contribution in [-0.2, 0) is 32.0 Å². The lowest BCUT2D eigenvalue weighted by Gasteiger charge is -2.38. The summed E-state index contributed by atoms with van der Waals surface area (Å²) in [6.45, 7) is 40.6. The van der Waals surface area contributed by atoms with Crippen molar-refractivity contribution in [1.82, 2.24) is 20.4 Å². The molecule has 0 radical (unpaired) electrons. The molecule has 2 aromatic carbocycles. The van der Waals surface area contributed by atoms with Gasteiger partial charge in [0.05, 0.1) is 12.8 Å². The molecule has 0 saturated heterocycles. The van der Waals surface area contributed by atoms with Gasteiger partial charge in [-0.05, 0) is 216 Å². The zero-order valence-electron chi connectivity index (χ0n) is 61.9. The van der Waals surface area contributed by atoms with Crippen LogP contribution in [0.4, 0.5) is 0 Å². The first-order valence-electron chi connectivity index (χ1n) is 36.8. The summed E-state index contributed by atoms with van der Waals surface area (Å²) >= 11 is 0. The Balaban J connectivity index is 0.0000150. The molecule has 2 aliphatic rings. The maximum absolute atomic E-state index is 13.1. The van der Waals surface area contributed by atoms with Crippen LogP contribution in [0.25, 0.3) is 0 Å². The minimum absolute atomic E-state index is 0. The van der Waals surface area contributed by atoms with Gasteiger partial charge in [0.15, 0.2) is 0 Å². The Morgan fingerprint density at radius 3 is 1.12 bits per heavy atom. The third-order valence-electron chi connectivity index (χ3n) is 20.5. The van der Waals surface area contributed by atoms with E-state index < -0.39 is 0 Å². The van der Waals surface area contributed by atoms with Crippen LogP contribution in [0.2, 0.25) is 0 Å². The first-order valence-corrected chi connectivity index (χ1v) is 39.3. The number of benzene rings is 2. The van der Waals surface area contributed by atoms with E-state index in [1.807, 2.05) is 49.3 Å². The fraction of sp³-hybridized carbons (Fsp3) is 0.795. The molecule has 0 saturated carbocycles. The van der Waals surface area contributed by atoms with Crippen LogP contribution in [0.5, 0.6) is 23.0 Å². The van der Waals surface area contributed by atoms with E-state index in [1.54, 1.807) is 0 Å². The molecule has 4 rings (SSSR count). The lowest BCUT2D eigenvalue weighted by Crippen LogP contribution is -2.37. The van der Waals surface area contributed by atoms with Gasteiger partial charge in [-0.3, -0.25) is 19.2 Å². The normalized spacial score (nSPS) is 17.7. The van der Waals surface area contributed by atoms with Gasteiger partial charge in [-0.1, -0.05) is 167 Å². The lowest BCUT2D eigenvalue weighted by molar-refractivity contribution is -0.136. The van der Waals surface area contributed by atoms with Crippen molar-refractivity contribution in [3.63, 3.8) is 0 Å². The highest BCUT2D eigenvalue weighted by atomic mass is 33.1. The Morgan fingerprint density at radius 2 is 0.783 bits per heavy atom. The molecule has 2 heterocycles. The highest BCUT2D eigenvalue weighted by Crippen LogP contribution is 2.47. The van der Waals surface area contributed by atoms with Gasteiger partial charge in [-0.25, -0.2) is 0 Å². The molecule has 6 atom stereocenters. The molecule has 14 heteroatoms. The van der Waals surface area contributed by atoms with Crippen molar-refractivity contribution in [3.8, 4) is 23.0 Å². The summed E-state index contributed by atoms with van der Waals surface area (Å²) in [5.41, 5.74) is 7.73. The predicted molar refractivity (Wildman–Crippen MR) is 395 cm³/mol. The van der Waals surface area contributed by atoms with Crippen LogP contribution in [0.1, 0.15) is 284 Å². The van der Waals surface area contributed by atoms with Crippen molar-refractivity contribution in [2.45, 2.75) is 302 Å². The number of nitrogens with one attached hydrogen (secondary N) is 2. The monoisotopic (exact) mass is 1320 g/mol. The fourth-order valence-corrected chi connectivity index (χ4v) is 15.8. The molecule has 92 heavy (non-hydrogen) atoms. The average molecular weight is 1320 g/mol. The Hall–Kier alpha value is -3.46. The second-order valence-corrected chi connectivity index (χ2v) is 33.2. The highest BCUT2D eigenvalue weighted by Gasteiger charge is 2.37. The maximum atomic E-state index is 13.1. The SMILES string of the molecule is Cc1c(C)c2c(c(C)c1OC(=O)CCC(=O)NCCCN(C)CCSSCCN(C)CCCNC(=O)CCC(=O)Oc1c(C)c(C)c3c(c1C)CCC(C)(CCCC(C)CCCC(C)CCCC(C)C)O3)CCC(C)(CCCC(C)CCCC(C)CCCC(C)C)O2.[HH].[HH]. The number of amides is 2. The molecule has 2 aromatic rings. The maximum Gasteiger partial charge on any atom is 0.311 e. The van der Waals surface area contributed by atoms with Crippen LogP contribution in [-0.4, -0.2) is 110 Å². The molecule has 2 aliphatic heterocycles. The molecule has 2 amide bonds. The molecule has 6 unspecified atom stereocenters. The summed E-state index contributed by atoms with van der Waals surface area (Å²) in [6, 6.07) is 0. The van der Waals surface area contributed by atoms with E-state index in [0.717, 1.165) is 181 Å². The van der Waals surface area contributed by atoms with Gasteiger partial charge in [-0.2, -0.15) is 0 Å². The van der Waals surface area contributed by atoms with Gasteiger partial charge in [-0.15, -0.1) is 0 Å². The number of fused-ring (bicyclic) bond motifs is 2. The number of rotatable bonds is 47. The first kappa shape index (κ1) is 81.0. The number of hydrogen-bond acceptors (Lipinski definition) is 12. The van der Waals surface area contributed by atoms with Crippen LogP contribution in [0.15, 0.2) is 0 Å². The van der Waals surface area contributed by atoms with Crippen LogP contribution >= 0.6 is 21.6 Å². The predicted octanol–water partition coefficient (Wildman–Crippen LogP) is 19.4. The highest BCUT2D eigenvalue weighted by molar-refractivity contribution is 8.76. The number of hydrogen-bond donors (Lipinski definition) is 2. The Kier molecular flexibility index (Phi) is 37.2. The van der Waals surface area contributed by atoms with Crippen molar-refractivity contribution in [1.29, 1.82) is 0 Å². The third-order valence-corrected chi connectivity index (χ3v) is 22.9.